The summed E-state index contributed by atoms with van der Waals surface area (Å²) in [6.45, 7) is 2.08. The molecule has 0 amide bonds. The van der Waals surface area contributed by atoms with Crippen molar-refractivity contribution in [3.05, 3.63) is 100 Å². The maximum atomic E-state index is 13.1. The Kier molecular flexibility index (Phi) is 6.61. The van der Waals surface area contributed by atoms with E-state index in [2.05, 4.69) is 15.9 Å². The average molecular weight is 490 g/mol. The van der Waals surface area contributed by atoms with Gasteiger partial charge in [-0.2, -0.15) is 0 Å². The molecule has 0 aliphatic rings. The Hall–Kier alpha value is -3.51. The summed E-state index contributed by atoms with van der Waals surface area (Å²) >= 11 is 3.47. The van der Waals surface area contributed by atoms with Crippen LogP contribution in [-0.4, -0.2) is 23.5 Å². The number of esters is 2. The van der Waals surface area contributed by atoms with E-state index in [9.17, 15) is 9.59 Å². The van der Waals surface area contributed by atoms with Gasteiger partial charge in [-0.25, -0.2) is 14.6 Å². The first kappa shape index (κ1) is 21.7. The number of halogens is 1. The molecule has 1 heterocycles. The van der Waals surface area contributed by atoms with Crippen LogP contribution < -0.4 is 0 Å². The zero-order valence-corrected chi connectivity index (χ0v) is 19.0. The molecule has 160 valence electrons. The normalized spacial score (nSPS) is 10.7. The topological polar surface area (TPSA) is 65.5 Å². The molecule has 0 unspecified atom stereocenters. The van der Waals surface area contributed by atoms with Crippen LogP contribution in [0.1, 0.15) is 33.2 Å². The van der Waals surface area contributed by atoms with E-state index >= 15 is 0 Å². The summed E-state index contributed by atoms with van der Waals surface area (Å²) < 4.78 is 11.5. The molecule has 5 nitrogen and oxygen atoms in total. The summed E-state index contributed by atoms with van der Waals surface area (Å²) in [6, 6.07) is 23.9. The molecule has 0 aliphatic heterocycles. The first-order valence-electron chi connectivity index (χ1n) is 10.1. The van der Waals surface area contributed by atoms with Crippen molar-refractivity contribution in [3.63, 3.8) is 0 Å². The number of benzene rings is 3. The molecule has 4 aromatic rings. The van der Waals surface area contributed by atoms with Crippen LogP contribution in [0.3, 0.4) is 0 Å². The van der Waals surface area contributed by atoms with Crippen molar-refractivity contribution in [1.82, 2.24) is 4.98 Å². The highest BCUT2D eigenvalue weighted by molar-refractivity contribution is 9.10. The van der Waals surface area contributed by atoms with Gasteiger partial charge in [-0.1, -0.05) is 58.4 Å². The molecule has 0 saturated carbocycles. The Morgan fingerprint density at radius 1 is 0.875 bits per heavy atom. The molecule has 1 aromatic heterocycles. The molecule has 3 aromatic carbocycles. The third kappa shape index (κ3) is 4.86. The summed E-state index contributed by atoms with van der Waals surface area (Å²) in [5, 5.41) is 0.698. The van der Waals surface area contributed by atoms with Gasteiger partial charge in [0.1, 0.15) is 6.61 Å². The molecule has 0 fully saturated rings. The molecule has 6 heteroatoms. The van der Waals surface area contributed by atoms with E-state index in [1.165, 1.54) is 0 Å². The van der Waals surface area contributed by atoms with Crippen molar-refractivity contribution in [1.29, 1.82) is 0 Å². The van der Waals surface area contributed by atoms with Gasteiger partial charge in [0.25, 0.3) is 0 Å². The first-order chi connectivity index (χ1) is 15.5. The van der Waals surface area contributed by atoms with Crippen LogP contribution in [0.4, 0.5) is 0 Å². The quantitative estimate of drug-likeness (QED) is 0.301. The third-order valence-electron chi connectivity index (χ3n) is 4.87. The average Bonchev–Trinajstić information content (AvgIpc) is 2.82. The number of pyridine rings is 1. The molecular formula is C26H20BrNO4. The highest BCUT2D eigenvalue weighted by Gasteiger charge is 2.16. The van der Waals surface area contributed by atoms with Gasteiger partial charge in [0.05, 0.1) is 28.9 Å². The number of aromatic nitrogens is 1. The van der Waals surface area contributed by atoms with Crippen molar-refractivity contribution >= 4 is 38.8 Å². The predicted molar refractivity (Wildman–Crippen MR) is 126 cm³/mol. The fourth-order valence-corrected chi connectivity index (χ4v) is 3.71. The van der Waals surface area contributed by atoms with Crippen molar-refractivity contribution in [2.75, 3.05) is 6.61 Å². The summed E-state index contributed by atoms with van der Waals surface area (Å²) in [6.07, 6.45) is 0. The lowest BCUT2D eigenvalue weighted by atomic mass is 10.0. The molecule has 0 aliphatic carbocycles. The Morgan fingerprint density at radius 2 is 1.69 bits per heavy atom. The molecule has 0 N–H and O–H groups in total. The lowest BCUT2D eigenvalue weighted by molar-refractivity contribution is 0.0475. The van der Waals surface area contributed by atoms with Crippen LogP contribution in [0.5, 0.6) is 0 Å². The molecule has 0 saturated heterocycles. The largest absolute Gasteiger partial charge is 0.462 e. The number of fused-ring (bicyclic) bond motifs is 1. The Bertz CT molecular complexity index is 1290. The van der Waals surface area contributed by atoms with Gasteiger partial charge in [-0.15, -0.1) is 0 Å². The summed E-state index contributed by atoms with van der Waals surface area (Å²) in [4.78, 5) is 29.8. The van der Waals surface area contributed by atoms with Crippen molar-refractivity contribution in [3.8, 4) is 11.3 Å². The van der Waals surface area contributed by atoms with Crippen LogP contribution in [0.15, 0.2) is 83.3 Å². The van der Waals surface area contributed by atoms with Gasteiger partial charge in [-0.05, 0) is 48.9 Å². The van der Waals surface area contributed by atoms with Crippen LogP contribution in [-0.2, 0) is 16.1 Å². The highest BCUT2D eigenvalue weighted by atomic mass is 79.9. The second-order valence-corrected chi connectivity index (χ2v) is 8.00. The maximum Gasteiger partial charge on any atom is 0.339 e. The number of rotatable bonds is 6. The van der Waals surface area contributed by atoms with Crippen LogP contribution in [0.2, 0.25) is 0 Å². The lowest BCUT2D eigenvalue weighted by Crippen LogP contribution is -2.08. The molecule has 0 atom stereocenters. The van der Waals surface area contributed by atoms with Gasteiger partial charge in [0.2, 0.25) is 0 Å². The second-order valence-electron chi connectivity index (χ2n) is 7.08. The summed E-state index contributed by atoms with van der Waals surface area (Å²) in [5.41, 5.74) is 3.85. The Balaban J connectivity index is 1.64. The minimum Gasteiger partial charge on any atom is -0.462 e. The molecule has 0 bridgehead atoms. The minimum absolute atomic E-state index is 0.0323. The van der Waals surface area contributed by atoms with E-state index in [1.807, 2.05) is 48.5 Å². The molecule has 4 rings (SSSR count). The Labute approximate surface area is 194 Å². The van der Waals surface area contributed by atoms with Gasteiger partial charge in [-0.3, -0.25) is 0 Å². The van der Waals surface area contributed by atoms with Gasteiger partial charge in [0, 0.05) is 15.4 Å². The number of carbonyl (C=O) groups excluding carboxylic acids is 2. The fourth-order valence-electron chi connectivity index (χ4n) is 3.35. The number of carbonyl (C=O) groups is 2. The SMILES string of the molecule is CCOC(=O)c1cccc(COC(=O)c2cc(-c3ccccc3)nc3ccc(Br)cc23)c1. The smallest absolute Gasteiger partial charge is 0.339 e. The van der Waals surface area contributed by atoms with Crippen LogP contribution >= 0.6 is 15.9 Å². The number of hydrogen-bond donors (Lipinski definition) is 0. The van der Waals surface area contributed by atoms with Crippen LogP contribution in [0.25, 0.3) is 22.2 Å². The first-order valence-corrected chi connectivity index (χ1v) is 10.9. The maximum absolute atomic E-state index is 13.1. The number of nitrogens with zero attached hydrogens (tertiary/aromatic N) is 1. The van der Waals surface area contributed by atoms with E-state index in [-0.39, 0.29) is 6.61 Å². The Morgan fingerprint density at radius 3 is 2.47 bits per heavy atom. The van der Waals surface area contributed by atoms with E-state index in [0.717, 1.165) is 10.0 Å². The molecule has 0 radical (unpaired) electrons. The number of ether oxygens (including phenoxy) is 2. The minimum atomic E-state index is -0.464. The van der Waals surface area contributed by atoms with E-state index in [4.69, 9.17) is 14.5 Å². The van der Waals surface area contributed by atoms with Gasteiger partial charge >= 0.3 is 11.9 Å². The fraction of sp³-hybridized carbons (Fsp3) is 0.115. The highest BCUT2D eigenvalue weighted by Crippen LogP contribution is 2.28. The predicted octanol–water partition coefficient (Wildman–Crippen LogP) is 6.20. The third-order valence-corrected chi connectivity index (χ3v) is 5.36. The number of hydrogen-bond acceptors (Lipinski definition) is 5. The lowest BCUT2D eigenvalue weighted by Gasteiger charge is -2.11. The zero-order valence-electron chi connectivity index (χ0n) is 17.4. The standard InChI is InChI=1S/C26H20BrNO4/c1-2-31-25(29)19-10-6-7-17(13-19)16-32-26(30)22-15-24(18-8-4-3-5-9-18)28-23-12-11-20(27)14-21(22)23/h3-15H,2,16H2,1H3. The van der Waals surface area contributed by atoms with E-state index in [1.54, 1.807) is 37.3 Å². The molecule has 32 heavy (non-hydrogen) atoms. The van der Waals surface area contributed by atoms with E-state index < -0.39 is 11.9 Å². The second kappa shape index (κ2) is 9.75. The summed E-state index contributed by atoms with van der Waals surface area (Å²) in [5.74, 6) is -0.868. The van der Waals surface area contributed by atoms with Crippen molar-refractivity contribution in [2.24, 2.45) is 0 Å². The molecule has 0 spiro atoms. The van der Waals surface area contributed by atoms with Crippen LogP contribution in [0, 0.1) is 0 Å². The van der Waals surface area contributed by atoms with Crippen molar-refractivity contribution in [2.45, 2.75) is 13.5 Å². The zero-order chi connectivity index (χ0) is 22.5. The molecular weight excluding hydrogens is 470 g/mol. The monoisotopic (exact) mass is 489 g/mol. The van der Waals surface area contributed by atoms with E-state index in [0.29, 0.717) is 39.9 Å². The van der Waals surface area contributed by atoms with Crippen molar-refractivity contribution < 1.29 is 19.1 Å². The summed E-state index contributed by atoms with van der Waals surface area (Å²) in [7, 11) is 0. The van der Waals surface area contributed by atoms with Gasteiger partial charge < -0.3 is 9.47 Å². The van der Waals surface area contributed by atoms with Gasteiger partial charge in [0.15, 0.2) is 0 Å².